The first kappa shape index (κ1) is 11.8. The molecule has 2 aromatic heterocycles. The number of oxazole rings is 1. The van der Waals surface area contributed by atoms with Gasteiger partial charge >= 0.3 is 0 Å². The molecular weight excluding hydrogens is 240 g/mol. The second kappa shape index (κ2) is 4.78. The fraction of sp³-hybridized carbons (Fsp3) is 0.214. The average Bonchev–Trinajstić information content (AvgIpc) is 2.78. The van der Waals surface area contributed by atoms with E-state index < -0.39 is 0 Å². The molecule has 5 heteroatoms. The van der Waals surface area contributed by atoms with Crippen LogP contribution in [0.4, 0.5) is 0 Å². The van der Waals surface area contributed by atoms with Crippen molar-refractivity contribution < 1.29 is 4.42 Å². The minimum Gasteiger partial charge on any atom is -0.441 e. The molecule has 96 valence electrons. The second-order valence-electron chi connectivity index (χ2n) is 4.31. The van der Waals surface area contributed by atoms with Crippen LogP contribution in [0.2, 0.25) is 0 Å². The molecule has 0 saturated heterocycles. The van der Waals surface area contributed by atoms with Gasteiger partial charge < -0.3 is 10.2 Å². The van der Waals surface area contributed by atoms with Gasteiger partial charge in [0.2, 0.25) is 0 Å². The summed E-state index contributed by atoms with van der Waals surface area (Å²) in [6.45, 7) is 2.38. The van der Waals surface area contributed by atoms with Crippen molar-refractivity contribution in [2.24, 2.45) is 5.73 Å². The summed E-state index contributed by atoms with van der Waals surface area (Å²) < 4.78 is 5.53. The monoisotopic (exact) mass is 254 g/mol. The van der Waals surface area contributed by atoms with E-state index in [2.05, 4.69) is 15.0 Å². The molecule has 3 rings (SSSR count). The lowest BCUT2D eigenvalue weighted by Gasteiger charge is -2.02. The highest BCUT2D eigenvalue weighted by atomic mass is 16.3. The molecule has 0 atom stereocenters. The quantitative estimate of drug-likeness (QED) is 0.774. The Balaban J connectivity index is 2.05. The highest BCUT2D eigenvalue weighted by Crippen LogP contribution is 2.23. The predicted octanol–water partition coefficient (Wildman–Crippen LogP) is 2.09. The van der Waals surface area contributed by atoms with Crippen LogP contribution < -0.4 is 5.73 Å². The first-order chi connectivity index (χ1) is 9.26. The van der Waals surface area contributed by atoms with E-state index >= 15 is 0 Å². The Morgan fingerprint density at radius 2 is 2.11 bits per heavy atom. The summed E-state index contributed by atoms with van der Waals surface area (Å²) in [5, 5.41) is 0. The Morgan fingerprint density at radius 3 is 2.95 bits per heavy atom. The Kier molecular flexibility index (Phi) is 2.97. The van der Waals surface area contributed by atoms with Crippen molar-refractivity contribution in [1.82, 2.24) is 15.0 Å². The van der Waals surface area contributed by atoms with Crippen LogP contribution >= 0.6 is 0 Å². The van der Waals surface area contributed by atoms with E-state index in [-0.39, 0.29) is 0 Å². The fourth-order valence-corrected chi connectivity index (χ4v) is 2.01. The van der Waals surface area contributed by atoms with Gasteiger partial charge in [0.25, 0.3) is 0 Å². The molecule has 0 aliphatic rings. The number of hydrogen-bond donors (Lipinski definition) is 1. The van der Waals surface area contributed by atoms with E-state index in [9.17, 15) is 0 Å². The molecule has 19 heavy (non-hydrogen) atoms. The Morgan fingerprint density at radius 1 is 1.21 bits per heavy atom. The molecular formula is C14H14N4O. The third-order valence-corrected chi connectivity index (χ3v) is 2.86. The highest BCUT2D eigenvalue weighted by Gasteiger charge is 2.06. The number of aromatic nitrogens is 3. The molecule has 1 aromatic carbocycles. The SMILES string of the molecule is Cc1nc2ccc(-c3ccnc(CCN)n3)cc2o1. The van der Waals surface area contributed by atoms with Gasteiger partial charge in [0.05, 0.1) is 5.69 Å². The van der Waals surface area contributed by atoms with Crippen LogP contribution in [0.15, 0.2) is 34.9 Å². The van der Waals surface area contributed by atoms with E-state index in [1.807, 2.05) is 31.2 Å². The third kappa shape index (κ3) is 2.32. The topological polar surface area (TPSA) is 77.8 Å². The Bertz CT molecular complexity index is 720. The lowest BCUT2D eigenvalue weighted by Crippen LogP contribution is -2.06. The number of nitrogens with two attached hydrogens (primary N) is 1. The molecule has 2 N–H and O–H groups in total. The maximum Gasteiger partial charge on any atom is 0.192 e. The zero-order valence-corrected chi connectivity index (χ0v) is 10.6. The zero-order chi connectivity index (χ0) is 13.2. The van der Waals surface area contributed by atoms with Crippen LogP contribution in [-0.4, -0.2) is 21.5 Å². The van der Waals surface area contributed by atoms with Gasteiger partial charge in [0.15, 0.2) is 11.5 Å². The summed E-state index contributed by atoms with van der Waals surface area (Å²) in [6.07, 6.45) is 2.43. The van der Waals surface area contributed by atoms with Crippen LogP contribution in [-0.2, 0) is 6.42 Å². The highest BCUT2D eigenvalue weighted by molar-refractivity contribution is 5.79. The van der Waals surface area contributed by atoms with Gasteiger partial charge in [-0.05, 0) is 24.7 Å². The Labute approximate surface area is 110 Å². The summed E-state index contributed by atoms with van der Waals surface area (Å²) in [6, 6.07) is 7.75. The van der Waals surface area contributed by atoms with Crippen molar-refractivity contribution in [3.63, 3.8) is 0 Å². The molecule has 0 saturated carbocycles. The summed E-state index contributed by atoms with van der Waals surface area (Å²) in [7, 11) is 0. The van der Waals surface area contributed by atoms with Gasteiger partial charge in [-0.25, -0.2) is 15.0 Å². The minimum absolute atomic E-state index is 0.545. The van der Waals surface area contributed by atoms with E-state index in [0.717, 1.165) is 28.2 Å². The van der Waals surface area contributed by atoms with Gasteiger partial charge in [-0.15, -0.1) is 0 Å². The zero-order valence-electron chi connectivity index (χ0n) is 10.6. The number of rotatable bonds is 3. The van der Waals surface area contributed by atoms with E-state index in [4.69, 9.17) is 10.2 Å². The normalized spacial score (nSPS) is 11.1. The van der Waals surface area contributed by atoms with Crippen LogP contribution in [0.25, 0.3) is 22.4 Å². The van der Waals surface area contributed by atoms with E-state index in [0.29, 0.717) is 18.9 Å². The fourth-order valence-electron chi connectivity index (χ4n) is 2.01. The molecule has 3 aromatic rings. The van der Waals surface area contributed by atoms with Gasteiger partial charge in [0.1, 0.15) is 11.3 Å². The molecule has 0 aliphatic carbocycles. The summed E-state index contributed by atoms with van der Waals surface area (Å²) in [4.78, 5) is 13.0. The lowest BCUT2D eigenvalue weighted by atomic mass is 10.1. The largest absolute Gasteiger partial charge is 0.441 e. The summed E-state index contributed by atoms with van der Waals surface area (Å²) >= 11 is 0. The van der Waals surface area contributed by atoms with Crippen LogP contribution in [0, 0.1) is 6.92 Å². The third-order valence-electron chi connectivity index (χ3n) is 2.86. The molecule has 5 nitrogen and oxygen atoms in total. The van der Waals surface area contributed by atoms with Gasteiger partial charge in [-0.1, -0.05) is 6.07 Å². The molecule has 0 aliphatic heterocycles. The average molecular weight is 254 g/mol. The van der Waals surface area contributed by atoms with Gasteiger partial charge in [0, 0.05) is 25.1 Å². The molecule has 0 spiro atoms. The first-order valence-electron chi connectivity index (χ1n) is 6.16. The minimum atomic E-state index is 0.545. The van der Waals surface area contributed by atoms with Crippen LogP contribution in [0.1, 0.15) is 11.7 Å². The van der Waals surface area contributed by atoms with E-state index in [1.54, 1.807) is 6.20 Å². The second-order valence-corrected chi connectivity index (χ2v) is 4.31. The standard InChI is InChI=1S/C14H14N4O/c1-9-17-12-3-2-10(8-13(12)19-9)11-5-7-16-14(18-11)4-6-15/h2-3,5,7-8H,4,6,15H2,1H3. The van der Waals surface area contributed by atoms with Crippen molar-refractivity contribution in [3.8, 4) is 11.3 Å². The number of nitrogens with zero attached hydrogens (tertiary/aromatic N) is 3. The predicted molar refractivity (Wildman–Crippen MR) is 72.5 cm³/mol. The van der Waals surface area contributed by atoms with Crippen LogP contribution in [0.5, 0.6) is 0 Å². The van der Waals surface area contributed by atoms with Crippen molar-refractivity contribution >= 4 is 11.1 Å². The van der Waals surface area contributed by atoms with Crippen molar-refractivity contribution in [2.75, 3.05) is 6.54 Å². The van der Waals surface area contributed by atoms with Gasteiger partial charge in [-0.2, -0.15) is 0 Å². The molecule has 0 fully saturated rings. The molecule has 0 unspecified atom stereocenters. The maximum atomic E-state index is 5.53. The van der Waals surface area contributed by atoms with E-state index in [1.165, 1.54) is 0 Å². The first-order valence-corrected chi connectivity index (χ1v) is 6.16. The maximum absolute atomic E-state index is 5.53. The van der Waals surface area contributed by atoms with Crippen LogP contribution in [0.3, 0.4) is 0 Å². The molecule has 2 heterocycles. The van der Waals surface area contributed by atoms with Crippen molar-refractivity contribution in [2.45, 2.75) is 13.3 Å². The number of fused-ring (bicyclic) bond motifs is 1. The summed E-state index contributed by atoms with van der Waals surface area (Å²) in [5.41, 5.74) is 9.01. The molecule has 0 bridgehead atoms. The Hall–Kier alpha value is -2.27. The van der Waals surface area contributed by atoms with Gasteiger partial charge in [-0.3, -0.25) is 0 Å². The number of benzene rings is 1. The van der Waals surface area contributed by atoms with Crippen molar-refractivity contribution in [1.29, 1.82) is 0 Å². The lowest BCUT2D eigenvalue weighted by molar-refractivity contribution is 0.561. The van der Waals surface area contributed by atoms with Crippen molar-refractivity contribution in [3.05, 3.63) is 42.2 Å². The number of hydrogen-bond acceptors (Lipinski definition) is 5. The summed E-state index contributed by atoms with van der Waals surface area (Å²) in [5.74, 6) is 1.42. The molecule has 0 radical (unpaired) electrons. The molecule has 0 amide bonds. The number of aryl methyl sites for hydroxylation is 1. The smallest absolute Gasteiger partial charge is 0.192 e.